The van der Waals surface area contributed by atoms with Crippen LogP contribution in [0.5, 0.6) is 0 Å². The third kappa shape index (κ3) is 4.78. The fourth-order valence-electron chi connectivity index (χ4n) is 3.30. The Bertz CT molecular complexity index is 861. The number of hydrogen-bond donors (Lipinski definition) is 2. The van der Waals surface area contributed by atoms with E-state index in [-0.39, 0.29) is 18.2 Å². The number of esters is 1. The molecule has 7 heteroatoms. The number of benzene rings is 1. The minimum atomic E-state index is -0.398. The predicted molar refractivity (Wildman–Crippen MR) is 109 cm³/mol. The van der Waals surface area contributed by atoms with Crippen molar-refractivity contribution >= 4 is 34.1 Å². The quantitative estimate of drug-likeness (QED) is 0.550. The molecule has 1 aromatic heterocycles. The second-order valence-corrected chi connectivity index (χ2v) is 7.79. The molecule has 3 rings (SSSR count). The van der Waals surface area contributed by atoms with E-state index in [4.69, 9.17) is 4.74 Å². The van der Waals surface area contributed by atoms with Crippen LogP contribution in [0.2, 0.25) is 0 Å². The molecule has 0 atom stereocenters. The van der Waals surface area contributed by atoms with Gasteiger partial charge in [0.1, 0.15) is 5.00 Å². The van der Waals surface area contributed by atoms with Crippen LogP contribution < -0.4 is 10.6 Å². The van der Waals surface area contributed by atoms with Gasteiger partial charge >= 0.3 is 5.97 Å². The summed E-state index contributed by atoms with van der Waals surface area (Å²) in [6.07, 6.45) is 4.70. The van der Waals surface area contributed by atoms with Gasteiger partial charge in [0.15, 0.2) is 0 Å². The van der Waals surface area contributed by atoms with Gasteiger partial charge < -0.3 is 15.4 Å². The molecule has 0 bridgehead atoms. The Balaban J connectivity index is 1.53. The normalized spacial score (nSPS) is 12.8. The highest BCUT2D eigenvalue weighted by atomic mass is 32.1. The van der Waals surface area contributed by atoms with Crippen molar-refractivity contribution in [3.63, 3.8) is 0 Å². The lowest BCUT2D eigenvalue weighted by Gasteiger charge is -2.11. The SMILES string of the molecule is COC(=O)c1c(NC(=O)CCCNC(=O)c2ccccc2)sc2c1CCCC2. The van der Waals surface area contributed by atoms with Crippen molar-refractivity contribution in [1.29, 1.82) is 0 Å². The molecule has 0 saturated heterocycles. The van der Waals surface area contributed by atoms with Crippen molar-refractivity contribution < 1.29 is 19.1 Å². The van der Waals surface area contributed by atoms with Gasteiger partial charge in [0, 0.05) is 23.4 Å². The summed E-state index contributed by atoms with van der Waals surface area (Å²) in [7, 11) is 1.36. The van der Waals surface area contributed by atoms with Gasteiger partial charge in [0.25, 0.3) is 5.91 Å². The molecule has 1 aromatic carbocycles. The standard InChI is InChI=1S/C21H24N2O4S/c1-27-21(26)18-15-10-5-6-11-16(15)28-20(18)23-17(24)12-7-13-22-19(25)14-8-3-2-4-9-14/h2-4,8-9H,5-7,10-13H2,1H3,(H,22,25)(H,23,24). The number of carbonyl (C=O) groups excluding carboxylic acids is 3. The smallest absolute Gasteiger partial charge is 0.341 e. The van der Waals surface area contributed by atoms with Gasteiger partial charge in [-0.1, -0.05) is 18.2 Å². The summed E-state index contributed by atoms with van der Waals surface area (Å²) in [4.78, 5) is 37.7. The molecule has 0 aliphatic heterocycles. The molecule has 2 amide bonds. The molecular formula is C21H24N2O4S. The van der Waals surface area contributed by atoms with Gasteiger partial charge in [-0.05, 0) is 49.8 Å². The predicted octanol–water partition coefficient (Wildman–Crippen LogP) is 3.56. The lowest BCUT2D eigenvalue weighted by atomic mass is 9.95. The number of hydrogen-bond acceptors (Lipinski definition) is 5. The van der Waals surface area contributed by atoms with E-state index in [1.165, 1.54) is 18.4 Å². The number of amides is 2. The maximum absolute atomic E-state index is 12.3. The summed E-state index contributed by atoms with van der Waals surface area (Å²) in [6, 6.07) is 8.96. The molecule has 6 nitrogen and oxygen atoms in total. The van der Waals surface area contributed by atoms with Gasteiger partial charge in [0.2, 0.25) is 5.91 Å². The average Bonchev–Trinajstić information content (AvgIpc) is 3.08. The van der Waals surface area contributed by atoms with E-state index in [1.54, 1.807) is 12.1 Å². The summed E-state index contributed by atoms with van der Waals surface area (Å²) >= 11 is 1.47. The second-order valence-electron chi connectivity index (χ2n) is 6.68. The number of ether oxygens (including phenoxy) is 1. The van der Waals surface area contributed by atoms with E-state index < -0.39 is 5.97 Å². The Morgan fingerprint density at radius 1 is 1.11 bits per heavy atom. The highest BCUT2D eigenvalue weighted by Crippen LogP contribution is 2.38. The van der Waals surface area contributed by atoms with Crippen molar-refractivity contribution in [2.75, 3.05) is 19.0 Å². The second kappa shape index (κ2) is 9.50. The van der Waals surface area contributed by atoms with Crippen molar-refractivity contribution in [3.8, 4) is 0 Å². The molecule has 0 unspecified atom stereocenters. The summed E-state index contributed by atoms with van der Waals surface area (Å²) in [5.41, 5.74) is 2.13. The highest BCUT2D eigenvalue weighted by molar-refractivity contribution is 7.17. The molecule has 1 aliphatic rings. The summed E-state index contributed by atoms with van der Waals surface area (Å²) in [5, 5.41) is 6.26. The van der Waals surface area contributed by atoms with E-state index in [0.717, 1.165) is 36.1 Å². The molecule has 148 valence electrons. The fraction of sp³-hybridized carbons (Fsp3) is 0.381. The number of rotatable bonds is 7. The van der Waals surface area contributed by atoms with Crippen LogP contribution in [-0.2, 0) is 22.4 Å². The number of carbonyl (C=O) groups is 3. The van der Waals surface area contributed by atoms with Crippen LogP contribution in [0.3, 0.4) is 0 Å². The Labute approximate surface area is 168 Å². The first-order valence-corrected chi connectivity index (χ1v) is 10.3. The topological polar surface area (TPSA) is 84.5 Å². The molecule has 1 aliphatic carbocycles. The summed E-state index contributed by atoms with van der Waals surface area (Å²) in [5.74, 6) is -0.720. The van der Waals surface area contributed by atoms with Gasteiger partial charge in [-0.3, -0.25) is 9.59 Å². The number of nitrogens with one attached hydrogen (secondary N) is 2. The van der Waals surface area contributed by atoms with E-state index in [1.807, 2.05) is 18.2 Å². The average molecular weight is 401 g/mol. The number of aryl methyl sites for hydroxylation is 1. The Morgan fingerprint density at radius 2 is 1.86 bits per heavy atom. The first-order chi connectivity index (χ1) is 13.6. The van der Waals surface area contributed by atoms with Crippen LogP contribution in [0.4, 0.5) is 5.00 Å². The Kier molecular flexibility index (Phi) is 6.81. The van der Waals surface area contributed by atoms with Crippen molar-refractivity contribution in [2.24, 2.45) is 0 Å². The van der Waals surface area contributed by atoms with E-state index in [0.29, 0.717) is 29.1 Å². The third-order valence-corrected chi connectivity index (χ3v) is 5.92. The summed E-state index contributed by atoms with van der Waals surface area (Å²) in [6.45, 7) is 0.409. The molecular weight excluding hydrogens is 376 g/mol. The van der Waals surface area contributed by atoms with Crippen LogP contribution in [0.15, 0.2) is 30.3 Å². The van der Waals surface area contributed by atoms with Crippen LogP contribution in [-0.4, -0.2) is 31.4 Å². The lowest BCUT2D eigenvalue weighted by Crippen LogP contribution is -2.25. The van der Waals surface area contributed by atoms with E-state index in [9.17, 15) is 14.4 Å². The van der Waals surface area contributed by atoms with Crippen LogP contribution in [0.25, 0.3) is 0 Å². The zero-order chi connectivity index (χ0) is 19.9. The first kappa shape index (κ1) is 20.1. The molecule has 1 heterocycles. The zero-order valence-electron chi connectivity index (χ0n) is 15.9. The molecule has 28 heavy (non-hydrogen) atoms. The third-order valence-electron chi connectivity index (χ3n) is 4.72. The van der Waals surface area contributed by atoms with Crippen LogP contribution >= 0.6 is 11.3 Å². The molecule has 0 radical (unpaired) electrons. The maximum Gasteiger partial charge on any atom is 0.341 e. The number of anilines is 1. The maximum atomic E-state index is 12.3. The molecule has 0 spiro atoms. The molecule has 2 N–H and O–H groups in total. The largest absolute Gasteiger partial charge is 0.465 e. The van der Waals surface area contributed by atoms with E-state index in [2.05, 4.69) is 10.6 Å². The minimum absolute atomic E-state index is 0.153. The van der Waals surface area contributed by atoms with Crippen molar-refractivity contribution in [3.05, 3.63) is 51.9 Å². The summed E-state index contributed by atoms with van der Waals surface area (Å²) < 4.78 is 4.92. The van der Waals surface area contributed by atoms with E-state index >= 15 is 0 Å². The van der Waals surface area contributed by atoms with Crippen LogP contribution in [0.1, 0.15) is 56.8 Å². The minimum Gasteiger partial charge on any atom is -0.465 e. The Morgan fingerprint density at radius 3 is 2.61 bits per heavy atom. The van der Waals surface area contributed by atoms with Crippen LogP contribution in [0, 0.1) is 0 Å². The molecule has 0 saturated carbocycles. The first-order valence-electron chi connectivity index (χ1n) is 9.46. The van der Waals surface area contributed by atoms with Gasteiger partial charge in [0.05, 0.1) is 12.7 Å². The Hall–Kier alpha value is -2.67. The van der Waals surface area contributed by atoms with Crippen molar-refractivity contribution in [1.82, 2.24) is 5.32 Å². The number of methoxy groups -OCH3 is 1. The monoisotopic (exact) mass is 400 g/mol. The van der Waals surface area contributed by atoms with Gasteiger partial charge in [-0.2, -0.15) is 0 Å². The fourth-order valence-corrected chi connectivity index (χ4v) is 4.60. The van der Waals surface area contributed by atoms with Gasteiger partial charge in [-0.25, -0.2) is 4.79 Å². The molecule has 2 aromatic rings. The molecule has 0 fully saturated rings. The lowest BCUT2D eigenvalue weighted by molar-refractivity contribution is -0.116. The number of thiophene rings is 1. The van der Waals surface area contributed by atoms with Crippen molar-refractivity contribution in [2.45, 2.75) is 38.5 Å². The zero-order valence-corrected chi connectivity index (χ0v) is 16.7. The number of fused-ring (bicyclic) bond motifs is 1. The van der Waals surface area contributed by atoms with Gasteiger partial charge in [-0.15, -0.1) is 11.3 Å². The highest BCUT2D eigenvalue weighted by Gasteiger charge is 2.26.